The fourth-order valence-corrected chi connectivity index (χ4v) is 2.22. The van der Waals surface area contributed by atoms with Gasteiger partial charge in [0, 0.05) is 30.7 Å². The summed E-state index contributed by atoms with van der Waals surface area (Å²) in [5.41, 5.74) is 3.77. The molecule has 0 radical (unpaired) electrons. The monoisotopic (exact) mass is 281 g/mol. The molecule has 1 heterocycles. The molecule has 0 spiro atoms. The third-order valence-electron chi connectivity index (χ3n) is 2.76. The number of nitrogens with one attached hydrogen (secondary N) is 1. The first-order chi connectivity index (χ1) is 7.52. The van der Waals surface area contributed by atoms with Gasteiger partial charge in [-0.2, -0.15) is 0 Å². The minimum Gasteiger partial charge on any atom is -0.494 e. The second-order valence-corrected chi connectivity index (χ2v) is 4.81. The smallest absolute Gasteiger partial charge is 0.120 e. The van der Waals surface area contributed by atoms with Crippen molar-refractivity contribution in [3.05, 3.63) is 29.8 Å². The Bertz CT molecular complexity index is 438. The van der Waals surface area contributed by atoms with Gasteiger partial charge >= 0.3 is 0 Å². The third kappa shape index (κ3) is 3.10. The van der Waals surface area contributed by atoms with E-state index in [-0.39, 0.29) is 25.0 Å². The SMILES string of the molecule is CCOc1ccc2c(c1)C(C)=CC(C)(C)N2.[Zn]. The van der Waals surface area contributed by atoms with E-state index in [1.54, 1.807) is 0 Å². The van der Waals surface area contributed by atoms with Crippen molar-refractivity contribution in [2.45, 2.75) is 33.2 Å². The maximum atomic E-state index is 5.52. The van der Waals surface area contributed by atoms with Gasteiger partial charge in [-0.05, 0) is 51.5 Å². The molecule has 17 heavy (non-hydrogen) atoms. The first-order valence-electron chi connectivity index (χ1n) is 5.77. The van der Waals surface area contributed by atoms with Crippen LogP contribution in [0, 0.1) is 0 Å². The Morgan fingerprint density at radius 2 is 2.00 bits per heavy atom. The summed E-state index contributed by atoms with van der Waals surface area (Å²) in [6.45, 7) is 9.22. The van der Waals surface area contributed by atoms with Crippen LogP contribution in [0.3, 0.4) is 0 Å². The van der Waals surface area contributed by atoms with Gasteiger partial charge in [0.05, 0.1) is 12.1 Å². The molecule has 0 bridgehead atoms. The molecule has 2 rings (SSSR count). The molecule has 88 valence electrons. The molecule has 0 fully saturated rings. The fraction of sp³-hybridized carbons (Fsp3) is 0.429. The van der Waals surface area contributed by atoms with E-state index in [4.69, 9.17) is 4.74 Å². The number of rotatable bonds is 2. The standard InChI is InChI=1S/C14H19NO.Zn/c1-5-16-11-6-7-13-12(8-11)10(2)9-14(3,4)15-13;/h6-9,15H,5H2,1-4H3;. The van der Waals surface area contributed by atoms with E-state index in [1.807, 2.05) is 13.0 Å². The van der Waals surface area contributed by atoms with Gasteiger partial charge < -0.3 is 10.1 Å². The molecule has 0 aromatic heterocycles. The Labute approximate surface area is 116 Å². The number of hydrogen-bond donors (Lipinski definition) is 1. The van der Waals surface area contributed by atoms with E-state index >= 15 is 0 Å². The molecule has 0 atom stereocenters. The van der Waals surface area contributed by atoms with Crippen LogP contribution in [-0.2, 0) is 19.5 Å². The molecule has 0 saturated carbocycles. The van der Waals surface area contributed by atoms with Crippen molar-refractivity contribution in [1.82, 2.24) is 0 Å². The second kappa shape index (κ2) is 5.22. The number of benzene rings is 1. The summed E-state index contributed by atoms with van der Waals surface area (Å²) in [4.78, 5) is 0. The van der Waals surface area contributed by atoms with Crippen LogP contribution in [0.1, 0.15) is 33.3 Å². The molecule has 0 saturated heterocycles. The van der Waals surface area contributed by atoms with Gasteiger partial charge in [-0.1, -0.05) is 6.08 Å². The predicted octanol–water partition coefficient (Wildman–Crippen LogP) is 3.69. The molecular formula is C14H19NOZn. The molecule has 1 aliphatic rings. The fourth-order valence-electron chi connectivity index (χ4n) is 2.22. The van der Waals surface area contributed by atoms with Crippen molar-refractivity contribution in [2.75, 3.05) is 11.9 Å². The van der Waals surface area contributed by atoms with E-state index in [2.05, 4.69) is 44.3 Å². The van der Waals surface area contributed by atoms with Crippen LogP contribution in [0.2, 0.25) is 0 Å². The quantitative estimate of drug-likeness (QED) is 0.835. The van der Waals surface area contributed by atoms with Crippen molar-refractivity contribution < 1.29 is 24.2 Å². The second-order valence-electron chi connectivity index (χ2n) is 4.81. The zero-order valence-electron chi connectivity index (χ0n) is 11.1. The van der Waals surface area contributed by atoms with E-state index in [0.717, 1.165) is 5.75 Å². The van der Waals surface area contributed by atoms with Gasteiger partial charge in [0.1, 0.15) is 5.75 Å². The van der Waals surface area contributed by atoms with Crippen LogP contribution in [0.15, 0.2) is 24.3 Å². The Morgan fingerprint density at radius 3 is 2.65 bits per heavy atom. The van der Waals surface area contributed by atoms with Crippen molar-refractivity contribution in [1.29, 1.82) is 0 Å². The van der Waals surface area contributed by atoms with Crippen LogP contribution < -0.4 is 10.1 Å². The topological polar surface area (TPSA) is 21.3 Å². The summed E-state index contributed by atoms with van der Waals surface area (Å²) in [5, 5.41) is 3.50. The van der Waals surface area contributed by atoms with Crippen LogP contribution >= 0.6 is 0 Å². The predicted molar refractivity (Wildman–Crippen MR) is 69.0 cm³/mol. The van der Waals surface area contributed by atoms with Crippen molar-refractivity contribution in [2.24, 2.45) is 0 Å². The summed E-state index contributed by atoms with van der Waals surface area (Å²) in [6.07, 6.45) is 2.26. The van der Waals surface area contributed by atoms with Crippen molar-refractivity contribution in [3.63, 3.8) is 0 Å². The maximum Gasteiger partial charge on any atom is 0.120 e. The summed E-state index contributed by atoms with van der Waals surface area (Å²) >= 11 is 0. The van der Waals surface area contributed by atoms with Gasteiger partial charge in [0.25, 0.3) is 0 Å². The number of hydrogen-bond acceptors (Lipinski definition) is 2. The molecule has 0 amide bonds. The van der Waals surface area contributed by atoms with Crippen molar-refractivity contribution >= 4 is 11.3 Å². The van der Waals surface area contributed by atoms with Crippen LogP contribution in [-0.4, -0.2) is 12.1 Å². The molecule has 1 aromatic carbocycles. The van der Waals surface area contributed by atoms with E-state index in [1.165, 1.54) is 16.8 Å². The first kappa shape index (κ1) is 14.2. The van der Waals surface area contributed by atoms with Crippen LogP contribution in [0.4, 0.5) is 5.69 Å². The zero-order valence-corrected chi connectivity index (χ0v) is 14.1. The molecule has 1 aromatic rings. The Balaban J connectivity index is 0.00000144. The Kier molecular flexibility index (Phi) is 4.38. The summed E-state index contributed by atoms with van der Waals surface area (Å²) in [7, 11) is 0. The van der Waals surface area contributed by atoms with E-state index in [9.17, 15) is 0 Å². The molecule has 3 heteroatoms. The molecule has 1 N–H and O–H groups in total. The largest absolute Gasteiger partial charge is 0.494 e. The summed E-state index contributed by atoms with van der Waals surface area (Å²) < 4.78 is 5.52. The van der Waals surface area contributed by atoms with Crippen molar-refractivity contribution in [3.8, 4) is 5.75 Å². The zero-order chi connectivity index (χ0) is 11.8. The molecule has 2 nitrogen and oxygen atoms in total. The molecular weight excluding hydrogens is 264 g/mol. The first-order valence-corrected chi connectivity index (χ1v) is 5.77. The Morgan fingerprint density at radius 1 is 1.29 bits per heavy atom. The molecule has 0 unspecified atom stereocenters. The molecule has 0 aliphatic carbocycles. The number of allylic oxidation sites excluding steroid dienone is 1. The Hall–Kier alpha value is -0.817. The van der Waals surface area contributed by atoms with Crippen LogP contribution in [0.25, 0.3) is 5.57 Å². The normalized spacial score (nSPS) is 16.1. The van der Waals surface area contributed by atoms with Crippen LogP contribution in [0.5, 0.6) is 5.75 Å². The summed E-state index contributed by atoms with van der Waals surface area (Å²) in [5.74, 6) is 0.940. The van der Waals surface area contributed by atoms with Gasteiger partial charge in [0.2, 0.25) is 0 Å². The van der Waals surface area contributed by atoms with Gasteiger partial charge in [-0.15, -0.1) is 0 Å². The minimum absolute atomic E-state index is 0. The van der Waals surface area contributed by atoms with Gasteiger partial charge in [0.15, 0.2) is 0 Å². The minimum atomic E-state index is 0. The maximum absolute atomic E-state index is 5.52. The average Bonchev–Trinajstić information content (AvgIpc) is 2.18. The van der Waals surface area contributed by atoms with E-state index < -0.39 is 0 Å². The van der Waals surface area contributed by atoms with Gasteiger partial charge in [-0.25, -0.2) is 0 Å². The van der Waals surface area contributed by atoms with Gasteiger partial charge in [-0.3, -0.25) is 0 Å². The average molecular weight is 283 g/mol. The van der Waals surface area contributed by atoms with E-state index in [0.29, 0.717) is 6.61 Å². The summed E-state index contributed by atoms with van der Waals surface area (Å²) in [6, 6.07) is 6.22. The molecule has 1 aliphatic heterocycles. The number of anilines is 1. The number of ether oxygens (including phenoxy) is 1. The third-order valence-corrected chi connectivity index (χ3v) is 2.76. The number of fused-ring (bicyclic) bond motifs is 1.